The highest BCUT2D eigenvalue weighted by molar-refractivity contribution is 5.84. The van der Waals surface area contributed by atoms with Crippen molar-refractivity contribution in [3.8, 4) is 0 Å². The predicted octanol–water partition coefficient (Wildman–Crippen LogP) is 2.22. The second-order valence-corrected chi connectivity index (χ2v) is 6.07. The highest BCUT2D eigenvalue weighted by Gasteiger charge is 2.28. The largest absolute Gasteiger partial charge is 0.378 e. The van der Waals surface area contributed by atoms with Crippen LogP contribution < -0.4 is 11.1 Å². The van der Waals surface area contributed by atoms with Crippen molar-refractivity contribution in [3.05, 3.63) is 0 Å². The maximum atomic E-state index is 11.3. The van der Waals surface area contributed by atoms with Crippen LogP contribution in [-0.2, 0) is 9.53 Å². The lowest BCUT2D eigenvalue weighted by Crippen LogP contribution is -2.51. The van der Waals surface area contributed by atoms with Crippen molar-refractivity contribution in [2.45, 2.75) is 70.4 Å². The van der Waals surface area contributed by atoms with E-state index in [-0.39, 0.29) is 5.91 Å². The molecule has 4 nitrogen and oxygen atoms in total. The van der Waals surface area contributed by atoms with Crippen LogP contribution in [0.2, 0.25) is 0 Å². The number of primary amides is 1. The van der Waals surface area contributed by atoms with Crippen LogP contribution in [0.1, 0.15) is 58.8 Å². The molecule has 4 heteroatoms. The van der Waals surface area contributed by atoms with E-state index in [0.717, 1.165) is 25.9 Å². The zero-order chi connectivity index (χ0) is 14.3. The fourth-order valence-electron chi connectivity index (χ4n) is 2.72. The van der Waals surface area contributed by atoms with Gasteiger partial charge in [-0.15, -0.1) is 0 Å². The average Bonchev–Trinajstić information content (AvgIpc) is 2.39. The molecule has 1 fully saturated rings. The summed E-state index contributed by atoms with van der Waals surface area (Å²) in [5.74, 6) is 0.416. The van der Waals surface area contributed by atoms with Crippen molar-refractivity contribution in [1.29, 1.82) is 0 Å². The highest BCUT2D eigenvalue weighted by atomic mass is 16.5. The summed E-state index contributed by atoms with van der Waals surface area (Å²) >= 11 is 0. The van der Waals surface area contributed by atoms with Crippen LogP contribution in [0, 0.1) is 5.92 Å². The van der Waals surface area contributed by atoms with Gasteiger partial charge in [-0.05, 0) is 52.0 Å². The molecule has 0 aromatic rings. The molecule has 112 valence electrons. The molecule has 0 aliphatic heterocycles. The third kappa shape index (κ3) is 5.11. The van der Waals surface area contributed by atoms with E-state index in [1.54, 1.807) is 7.05 Å². The minimum absolute atomic E-state index is 0.281. The SMILES string of the molecule is CNC(C)(CCCCOC1CCCCC1C)C(N)=O. The minimum Gasteiger partial charge on any atom is -0.378 e. The Morgan fingerprint density at radius 1 is 1.37 bits per heavy atom. The van der Waals surface area contributed by atoms with Gasteiger partial charge in [-0.1, -0.05) is 19.8 Å². The summed E-state index contributed by atoms with van der Waals surface area (Å²) in [5, 5.41) is 3.01. The van der Waals surface area contributed by atoms with Gasteiger partial charge in [0.2, 0.25) is 5.91 Å². The van der Waals surface area contributed by atoms with E-state index in [2.05, 4.69) is 12.2 Å². The van der Waals surface area contributed by atoms with Gasteiger partial charge in [0.1, 0.15) is 0 Å². The van der Waals surface area contributed by atoms with Gasteiger partial charge >= 0.3 is 0 Å². The van der Waals surface area contributed by atoms with Crippen LogP contribution in [0.4, 0.5) is 0 Å². The first-order valence-electron chi connectivity index (χ1n) is 7.60. The lowest BCUT2D eigenvalue weighted by Gasteiger charge is -2.29. The molecule has 3 atom stereocenters. The van der Waals surface area contributed by atoms with Crippen molar-refractivity contribution in [2.24, 2.45) is 11.7 Å². The minimum atomic E-state index is -0.585. The Hall–Kier alpha value is -0.610. The Kier molecular flexibility index (Phi) is 6.80. The standard InChI is InChI=1S/C15H30N2O2/c1-12-8-4-5-9-13(12)19-11-7-6-10-15(2,17-3)14(16)18/h12-13,17H,4-11H2,1-3H3,(H2,16,18). The fourth-order valence-corrected chi connectivity index (χ4v) is 2.72. The Bertz CT molecular complexity index is 283. The van der Waals surface area contributed by atoms with Gasteiger partial charge in [0.25, 0.3) is 0 Å². The number of carbonyl (C=O) groups is 1. The van der Waals surface area contributed by atoms with Crippen LogP contribution in [0.5, 0.6) is 0 Å². The van der Waals surface area contributed by atoms with Gasteiger partial charge in [-0.3, -0.25) is 4.79 Å². The van der Waals surface area contributed by atoms with Crippen molar-refractivity contribution in [2.75, 3.05) is 13.7 Å². The molecule has 1 aliphatic rings. The summed E-state index contributed by atoms with van der Waals surface area (Å²) in [5.41, 5.74) is 4.81. The van der Waals surface area contributed by atoms with Gasteiger partial charge < -0.3 is 15.8 Å². The molecule has 0 bridgehead atoms. The molecule has 1 aliphatic carbocycles. The van der Waals surface area contributed by atoms with E-state index in [9.17, 15) is 4.79 Å². The number of hydrogen-bond acceptors (Lipinski definition) is 3. The molecule has 0 spiro atoms. The van der Waals surface area contributed by atoms with E-state index in [1.807, 2.05) is 6.92 Å². The molecular formula is C15H30N2O2. The van der Waals surface area contributed by atoms with Gasteiger partial charge in [0, 0.05) is 6.61 Å². The summed E-state index contributed by atoms with van der Waals surface area (Å²) in [4.78, 5) is 11.3. The van der Waals surface area contributed by atoms with E-state index in [0.29, 0.717) is 12.0 Å². The molecule has 1 rings (SSSR count). The summed E-state index contributed by atoms with van der Waals surface area (Å²) in [6, 6.07) is 0. The van der Waals surface area contributed by atoms with Crippen LogP contribution in [0.25, 0.3) is 0 Å². The van der Waals surface area contributed by atoms with Crippen molar-refractivity contribution in [3.63, 3.8) is 0 Å². The summed E-state index contributed by atoms with van der Waals surface area (Å²) in [6.07, 6.45) is 8.31. The van der Waals surface area contributed by atoms with Crippen LogP contribution in [0.15, 0.2) is 0 Å². The van der Waals surface area contributed by atoms with Crippen LogP contribution in [-0.4, -0.2) is 31.2 Å². The summed E-state index contributed by atoms with van der Waals surface area (Å²) < 4.78 is 5.97. The predicted molar refractivity (Wildman–Crippen MR) is 77.9 cm³/mol. The zero-order valence-electron chi connectivity index (χ0n) is 12.7. The molecule has 3 unspecified atom stereocenters. The zero-order valence-corrected chi connectivity index (χ0v) is 12.7. The molecule has 19 heavy (non-hydrogen) atoms. The molecule has 1 saturated carbocycles. The maximum Gasteiger partial charge on any atom is 0.237 e. The number of nitrogens with two attached hydrogens (primary N) is 1. The lowest BCUT2D eigenvalue weighted by molar-refractivity contribution is -0.124. The number of amides is 1. The van der Waals surface area contributed by atoms with Crippen molar-refractivity contribution < 1.29 is 9.53 Å². The quantitative estimate of drug-likeness (QED) is 0.665. The van der Waals surface area contributed by atoms with Gasteiger partial charge in [0.05, 0.1) is 11.6 Å². The number of rotatable bonds is 8. The summed E-state index contributed by atoms with van der Waals surface area (Å²) in [7, 11) is 1.78. The molecular weight excluding hydrogens is 240 g/mol. The highest BCUT2D eigenvalue weighted by Crippen LogP contribution is 2.26. The molecule has 0 aromatic heterocycles. The number of likely N-dealkylation sites (N-methyl/N-ethyl adjacent to an activating group) is 1. The Balaban J connectivity index is 2.15. The second-order valence-electron chi connectivity index (χ2n) is 6.07. The first kappa shape index (κ1) is 16.4. The smallest absolute Gasteiger partial charge is 0.237 e. The first-order chi connectivity index (χ1) is 8.99. The molecule has 0 aromatic carbocycles. The monoisotopic (exact) mass is 270 g/mol. The number of nitrogens with one attached hydrogen (secondary N) is 1. The van der Waals surface area contributed by atoms with E-state index < -0.39 is 5.54 Å². The molecule has 0 saturated heterocycles. The number of hydrogen-bond donors (Lipinski definition) is 2. The van der Waals surface area contributed by atoms with E-state index >= 15 is 0 Å². The van der Waals surface area contributed by atoms with E-state index in [1.165, 1.54) is 25.7 Å². The number of carbonyl (C=O) groups excluding carboxylic acids is 1. The van der Waals surface area contributed by atoms with Crippen molar-refractivity contribution in [1.82, 2.24) is 5.32 Å². The topological polar surface area (TPSA) is 64.3 Å². The maximum absolute atomic E-state index is 11.3. The Morgan fingerprint density at radius 2 is 2.05 bits per heavy atom. The van der Waals surface area contributed by atoms with Gasteiger partial charge in [0.15, 0.2) is 0 Å². The number of unbranched alkanes of at least 4 members (excludes halogenated alkanes) is 1. The van der Waals surface area contributed by atoms with Gasteiger partial charge in [-0.25, -0.2) is 0 Å². The Labute approximate surface area is 117 Å². The molecule has 0 radical (unpaired) electrons. The molecule has 1 amide bonds. The molecule has 0 heterocycles. The second kappa shape index (κ2) is 7.85. The average molecular weight is 270 g/mol. The van der Waals surface area contributed by atoms with Gasteiger partial charge in [-0.2, -0.15) is 0 Å². The normalized spacial score (nSPS) is 26.9. The van der Waals surface area contributed by atoms with Crippen molar-refractivity contribution >= 4 is 5.91 Å². The molecule has 3 N–H and O–H groups in total. The lowest BCUT2D eigenvalue weighted by atomic mass is 9.88. The third-order valence-electron chi connectivity index (χ3n) is 4.53. The van der Waals surface area contributed by atoms with Crippen LogP contribution >= 0.6 is 0 Å². The Morgan fingerprint density at radius 3 is 2.63 bits per heavy atom. The number of ether oxygens (including phenoxy) is 1. The van der Waals surface area contributed by atoms with E-state index in [4.69, 9.17) is 10.5 Å². The van der Waals surface area contributed by atoms with Crippen LogP contribution in [0.3, 0.4) is 0 Å². The third-order valence-corrected chi connectivity index (χ3v) is 4.53. The fraction of sp³-hybridized carbons (Fsp3) is 0.933. The summed E-state index contributed by atoms with van der Waals surface area (Å²) in [6.45, 7) is 4.95. The first-order valence-corrected chi connectivity index (χ1v) is 7.60.